The van der Waals surface area contributed by atoms with Gasteiger partial charge in [-0.3, -0.25) is 20.0 Å². The fourth-order valence-corrected chi connectivity index (χ4v) is 3.33. The lowest BCUT2D eigenvalue weighted by Gasteiger charge is -2.39. The number of aromatic nitrogens is 3. The molecule has 3 heterocycles. The number of rotatable bonds is 4. The summed E-state index contributed by atoms with van der Waals surface area (Å²) in [4.78, 5) is 18.7. The molecule has 2 N–H and O–H groups in total. The molecule has 0 saturated carbocycles. The summed E-state index contributed by atoms with van der Waals surface area (Å²) in [5.74, 6) is -0.106. The molecule has 3 rings (SSSR count). The summed E-state index contributed by atoms with van der Waals surface area (Å²) < 4.78 is 0. The van der Waals surface area contributed by atoms with Crippen LogP contribution < -0.4 is 5.32 Å². The number of hydrogen-bond acceptors (Lipinski definition) is 7. The van der Waals surface area contributed by atoms with E-state index in [4.69, 9.17) is 0 Å². The molecule has 0 spiro atoms. The van der Waals surface area contributed by atoms with Crippen molar-refractivity contribution < 1.29 is 9.90 Å². The Labute approximate surface area is 144 Å². The summed E-state index contributed by atoms with van der Waals surface area (Å²) in [5, 5.41) is 21.7. The minimum absolute atomic E-state index is 0.106. The zero-order valence-corrected chi connectivity index (χ0v) is 14.6. The molecule has 128 valence electrons. The minimum Gasteiger partial charge on any atom is -0.383 e. The molecular weight excluding hydrogens is 326 g/mol. The average molecular weight is 347 g/mol. The molecule has 8 heteroatoms. The van der Waals surface area contributed by atoms with Crippen molar-refractivity contribution in [2.24, 2.45) is 0 Å². The Hall–Kier alpha value is -1.90. The monoisotopic (exact) mass is 347 g/mol. The molecule has 1 saturated heterocycles. The van der Waals surface area contributed by atoms with Gasteiger partial charge in [0.1, 0.15) is 11.1 Å². The number of carbonyl (C=O) groups excluding carboxylic acids is 1. The minimum atomic E-state index is -0.917. The lowest BCUT2D eigenvalue weighted by Crippen LogP contribution is -2.50. The van der Waals surface area contributed by atoms with Gasteiger partial charge in [0.15, 0.2) is 0 Å². The molecular formula is C16H21N5O2S. The second-order valence-corrected chi connectivity index (χ2v) is 7.03. The first-order valence-corrected chi connectivity index (χ1v) is 8.82. The first-order chi connectivity index (χ1) is 11.5. The average Bonchev–Trinajstić information content (AvgIpc) is 3.08. The van der Waals surface area contributed by atoms with Gasteiger partial charge in [0.05, 0.1) is 11.7 Å². The van der Waals surface area contributed by atoms with Crippen molar-refractivity contribution in [2.45, 2.75) is 38.3 Å². The van der Waals surface area contributed by atoms with Gasteiger partial charge in [0, 0.05) is 19.3 Å². The third kappa shape index (κ3) is 3.61. The van der Waals surface area contributed by atoms with Crippen molar-refractivity contribution in [2.75, 3.05) is 18.4 Å². The maximum Gasteiger partial charge on any atom is 0.243 e. The molecule has 24 heavy (non-hydrogen) atoms. The van der Waals surface area contributed by atoms with Crippen LogP contribution in [0.3, 0.4) is 0 Å². The zero-order chi connectivity index (χ0) is 17.2. The van der Waals surface area contributed by atoms with Crippen molar-refractivity contribution in [3.05, 3.63) is 35.1 Å². The number of pyridine rings is 1. The molecule has 0 radical (unpaired) electrons. The second kappa shape index (κ2) is 6.92. The highest BCUT2D eigenvalue weighted by molar-refractivity contribution is 7.13. The standard InChI is InChI=1S/C16H21N5O2S/c1-11-3-4-13(17-9-11)16(23)5-7-21(8-6-16)12(2)14(22)19-15-20-18-10-24-15/h3-4,9-10,12,23H,5-8H2,1-2H3,(H,19,20,22). The fourth-order valence-electron chi connectivity index (χ4n) is 2.88. The molecule has 0 bridgehead atoms. The van der Waals surface area contributed by atoms with Crippen molar-refractivity contribution in [1.82, 2.24) is 20.1 Å². The maximum atomic E-state index is 12.3. The van der Waals surface area contributed by atoms with Gasteiger partial charge in [0.2, 0.25) is 11.0 Å². The van der Waals surface area contributed by atoms with Crippen LogP contribution >= 0.6 is 11.3 Å². The van der Waals surface area contributed by atoms with Crippen molar-refractivity contribution in [3.8, 4) is 0 Å². The predicted molar refractivity (Wildman–Crippen MR) is 91.7 cm³/mol. The van der Waals surface area contributed by atoms with E-state index < -0.39 is 5.60 Å². The van der Waals surface area contributed by atoms with Crippen LogP contribution in [-0.4, -0.2) is 50.2 Å². The van der Waals surface area contributed by atoms with Crippen LogP contribution in [0.15, 0.2) is 23.8 Å². The molecule has 0 aliphatic carbocycles. The number of carbonyl (C=O) groups is 1. The Morgan fingerprint density at radius 1 is 1.42 bits per heavy atom. The third-order valence-corrected chi connectivity index (χ3v) is 5.14. The number of hydrogen-bond donors (Lipinski definition) is 2. The number of nitrogens with zero attached hydrogens (tertiary/aromatic N) is 4. The van der Waals surface area contributed by atoms with E-state index in [1.54, 1.807) is 11.7 Å². The van der Waals surface area contributed by atoms with Gasteiger partial charge < -0.3 is 5.11 Å². The van der Waals surface area contributed by atoms with Gasteiger partial charge in [0.25, 0.3) is 0 Å². The number of aliphatic hydroxyl groups is 1. The first kappa shape index (κ1) is 16.9. The zero-order valence-electron chi connectivity index (χ0n) is 13.8. The number of piperidine rings is 1. The normalized spacial score (nSPS) is 19.0. The molecule has 1 amide bonds. The van der Waals surface area contributed by atoms with E-state index in [-0.39, 0.29) is 11.9 Å². The van der Waals surface area contributed by atoms with Gasteiger partial charge >= 0.3 is 0 Å². The third-order valence-electron chi connectivity index (χ3n) is 4.53. The summed E-state index contributed by atoms with van der Waals surface area (Å²) in [6, 6.07) is 3.56. The summed E-state index contributed by atoms with van der Waals surface area (Å²) in [7, 11) is 0. The van der Waals surface area contributed by atoms with Gasteiger partial charge in [-0.2, -0.15) is 0 Å². The second-order valence-electron chi connectivity index (χ2n) is 6.20. The van der Waals surface area contributed by atoms with Gasteiger partial charge in [-0.15, -0.1) is 10.2 Å². The van der Waals surface area contributed by atoms with E-state index in [0.29, 0.717) is 36.8 Å². The molecule has 2 aromatic heterocycles. The number of aryl methyl sites for hydroxylation is 1. The van der Waals surface area contributed by atoms with Crippen LogP contribution in [0, 0.1) is 6.92 Å². The van der Waals surface area contributed by atoms with Crippen molar-refractivity contribution in [3.63, 3.8) is 0 Å². The number of anilines is 1. The van der Waals surface area contributed by atoms with Gasteiger partial charge in [-0.25, -0.2) is 0 Å². The Balaban J connectivity index is 1.59. The van der Waals surface area contributed by atoms with Crippen LogP contribution in [0.1, 0.15) is 31.0 Å². The molecule has 1 fully saturated rings. The summed E-state index contributed by atoms with van der Waals surface area (Å²) in [6.07, 6.45) is 2.89. The Kier molecular flexibility index (Phi) is 4.88. The Morgan fingerprint density at radius 3 is 2.75 bits per heavy atom. The molecule has 1 unspecified atom stereocenters. The van der Waals surface area contributed by atoms with Crippen LogP contribution in [-0.2, 0) is 10.4 Å². The van der Waals surface area contributed by atoms with E-state index in [9.17, 15) is 9.90 Å². The summed E-state index contributed by atoms with van der Waals surface area (Å²) in [6.45, 7) is 5.11. The molecule has 1 aliphatic rings. The highest BCUT2D eigenvalue weighted by atomic mass is 32.1. The van der Waals surface area contributed by atoms with Crippen molar-refractivity contribution in [1.29, 1.82) is 0 Å². The smallest absolute Gasteiger partial charge is 0.243 e. The Morgan fingerprint density at radius 2 is 2.17 bits per heavy atom. The topological polar surface area (TPSA) is 91.2 Å². The number of nitrogens with one attached hydrogen (secondary N) is 1. The van der Waals surface area contributed by atoms with E-state index in [1.807, 2.05) is 26.0 Å². The molecule has 7 nitrogen and oxygen atoms in total. The highest BCUT2D eigenvalue weighted by Crippen LogP contribution is 2.32. The van der Waals surface area contributed by atoms with Crippen LogP contribution in [0.4, 0.5) is 5.13 Å². The van der Waals surface area contributed by atoms with Gasteiger partial charge in [-0.1, -0.05) is 17.4 Å². The van der Waals surface area contributed by atoms with Crippen LogP contribution in [0.2, 0.25) is 0 Å². The lowest BCUT2D eigenvalue weighted by molar-refractivity contribution is -0.123. The van der Waals surface area contributed by atoms with Crippen LogP contribution in [0.25, 0.3) is 0 Å². The summed E-state index contributed by atoms with van der Waals surface area (Å²) in [5.41, 5.74) is 2.44. The van der Waals surface area contributed by atoms with E-state index in [1.165, 1.54) is 11.3 Å². The Bertz CT molecular complexity index is 681. The van der Waals surface area contributed by atoms with E-state index in [2.05, 4.69) is 25.4 Å². The lowest BCUT2D eigenvalue weighted by atomic mass is 9.87. The number of amides is 1. The largest absolute Gasteiger partial charge is 0.383 e. The van der Waals surface area contributed by atoms with Crippen molar-refractivity contribution >= 4 is 22.4 Å². The quantitative estimate of drug-likeness (QED) is 0.872. The molecule has 1 atom stereocenters. The molecule has 1 aliphatic heterocycles. The first-order valence-electron chi connectivity index (χ1n) is 7.94. The summed E-state index contributed by atoms with van der Waals surface area (Å²) >= 11 is 1.29. The van der Waals surface area contributed by atoms with Gasteiger partial charge in [-0.05, 0) is 38.3 Å². The maximum absolute atomic E-state index is 12.3. The predicted octanol–water partition coefficient (Wildman–Crippen LogP) is 1.55. The fraction of sp³-hybridized carbons (Fsp3) is 0.500. The van der Waals surface area contributed by atoms with E-state index >= 15 is 0 Å². The van der Waals surface area contributed by atoms with Crippen LogP contribution in [0.5, 0.6) is 0 Å². The SMILES string of the molecule is Cc1ccc(C2(O)CCN(C(C)C(=O)Nc3nncs3)CC2)nc1. The highest BCUT2D eigenvalue weighted by Gasteiger charge is 2.37. The molecule has 0 aromatic carbocycles. The molecule has 2 aromatic rings. The van der Waals surface area contributed by atoms with E-state index in [0.717, 1.165) is 5.56 Å². The number of likely N-dealkylation sites (tertiary alicyclic amines) is 1.